The number of carbonyl (C=O) groups is 1. The van der Waals surface area contributed by atoms with Crippen molar-refractivity contribution in [3.05, 3.63) is 46.3 Å². The van der Waals surface area contributed by atoms with Crippen LogP contribution in [-0.2, 0) is 0 Å². The highest BCUT2D eigenvalue weighted by Crippen LogP contribution is 2.35. The van der Waals surface area contributed by atoms with Crippen molar-refractivity contribution < 1.29 is 4.79 Å². The Bertz CT molecular complexity index is 682. The van der Waals surface area contributed by atoms with E-state index in [9.17, 15) is 4.79 Å². The molecule has 0 aromatic carbocycles. The number of aromatic nitrogens is 1. The maximum atomic E-state index is 12.8. The molecule has 1 atom stereocenters. The fourth-order valence-electron chi connectivity index (χ4n) is 3.17. The number of amides is 1. The van der Waals surface area contributed by atoms with Crippen LogP contribution in [-0.4, -0.2) is 41.7 Å². The molecule has 1 aliphatic rings. The van der Waals surface area contributed by atoms with Crippen LogP contribution in [0.2, 0.25) is 0 Å². The van der Waals surface area contributed by atoms with E-state index in [1.165, 1.54) is 31.2 Å². The van der Waals surface area contributed by atoms with Crippen molar-refractivity contribution in [1.29, 1.82) is 0 Å². The number of thioether (sulfide) groups is 1. The highest BCUT2D eigenvalue weighted by atomic mass is 32.2. The minimum Gasteiger partial charge on any atom is -0.350 e. The summed E-state index contributed by atoms with van der Waals surface area (Å²) >= 11 is 3.45. The lowest BCUT2D eigenvalue weighted by Gasteiger charge is -2.24. The smallest absolute Gasteiger partial charge is 0.254 e. The van der Waals surface area contributed by atoms with Crippen LogP contribution >= 0.6 is 23.1 Å². The van der Waals surface area contributed by atoms with Gasteiger partial charge in [0.05, 0.1) is 11.6 Å². The lowest BCUT2D eigenvalue weighted by molar-refractivity contribution is 0.0938. The first-order valence-corrected chi connectivity index (χ1v) is 10.6. The van der Waals surface area contributed by atoms with Crippen molar-refractivity contribution in [2.24, 2.45) is 0 Å². The van der Waals surface area contributed by atoms with Crippen molar-refractivity contribution in [1.82, 2.24) is 15.2 Å². The molecule has 3 rings (SSSR count). The Kier molecular flexibility index (Phi) is 6.51. The van der Waals surface area contributed by atoms with Crippen molar-refractivity contribution in [3.63, 3.8) is 0 Å². The third-order valence-corrected chi connectivity index (χ3v) is 6.66. The van der Waals surface area contributed by atoms with Gasteiger partial charge in [-0.2, -0.15) is 11.3 Å². The fraction of sp³-hybridized carbons (Fsp3) is 0.474. The van der Waals surface area contributed by atoms with Gasteiger partial charge in [0.1, 0.15) is 5.03 Å². The molecular weight excluding hydrogens is 350 g/mol. The van der Waals surface area contributed by atoms with Crippen LogP contribution < -0.4 is 5.32 Å². The van der Waals surface area contributed by atoms with E-state index in [4.69, 9.17) is 0 Å². The van der Waals surface area contributed by atoms with Crippen LogP contribution in [0.3, 0.4) is 0 Å². The third kappa shape index (κ3) is 4.84. The first-order chi connectivity index (χ1) is 12.1. The molecule has 0 saturated heterocycles. The molecule has 134 valence electrons. The van der Waals surface area contributed by atoms with Gasteiger partial charge in [-0.25, -0.2) is 4.98 Å². The molecule has 1 amide bonds. The minimum atomic E-state index is -0.0318. The van der Waals surface area contributed by atoms with Gasteiger partial charge in [-0.3, -0.25) is 4.79 Å². The van der Waals surface area contributed by atoms with E-state index in [-0.39, 0.29) is 11.9 Å². The molecule has 4 nitrogen and oxygen atoms in total. The molecule has 1 fully saturated rings. The topological polar surface area (TPSA) is 45.2 Å². The van der Waals surface area contributed by atoms with Crippen LogP contribution in [0, 0.1) is 0 Å². The molecule has 1 N–H and O–H groups in total. The normalized spacial score (nSPS) is 16.3. The average molecular weight is 376 g/mol. The summed E-state index contributed by atoms with van der Waals surface area (Å²) in [6.07, 6.45) is 6.81. The van der Waals surface area contributed by atoms with E-state index >= 15 is 0 Å². The first-order valence-electron chi connectivity index (χ1n) is 8.73. The summed E-state index contributed by atoms with van der Waals surface area (Å²) in [7, 11) is 4.08. The number of hydrogen-bond acceptors (Lipinski definition) is 5. The minimum absolute atomic E-state index is 0.0318. The number of pyridine rings is 1. The van der Waals surface area contributed by atoms with E-state index in [2.05, 4.69) is 32.0 Å². The summed E-state index contributed by atoms with van der Waals surface area (Å²) in [6, 6.07) is 6.02. The SMILES string of the molecule is CN(C)C(CNC(=O)c1cccnc1SC1CCCC1)c1ccsc1. The maximum absolute atomic E-state index is 12.8. The van der Waals surface area contributed by atoms with Crippen molar-refractivity contribution >= 4 is 29.0 Å². The second-order valence-corrected chi connectivity index (χ2v) is 8.70. The second kappa shape index (κ2) is 8.83. The standard InChI is InChI=1S/C19H25N3OS2/c1-22(2)17(14-9-11-24-13-14)12-21-18(23)16-8-5-10-20-19(16)25-15-6-3-4-7-15/h5,8-11,13,15,17H,3-4,6-7,12H2,1-2H3,(H,21,23). The lowest BCUT2D eigenvalue weighted by atomic mass is 10.1. The Morgan fingerprint density at radius 2 is 2.20 bits per heavy atom. The Hall–Kier alpha value is -1.37. The molecule has 2 heterocycles. The van der Waals surface area contributed by atoms with Gasteiger partial charge in [-0.1, -0.05) is 12.8 Å². The van der Waals surface area contributed by atoms with E-state index < -0.39 is 0 Å². The van der Waals surface area contributed by atoms with E-state index in [0.717, 1.165) is 5.03 Å². The molecule has 1 unspecified atom stereocenters. The van der Waals surface area contributed by atoms with Gasteiger partial charge in [0.25, 0.3) is 5.91 Å². The van der Waals surface area contributed by atoms with Gasteiger partial charge in [0.15, 0.2) is 0 Å². The number of thiophene rings is 1. The van der Waals surface area contributed by atoms with Crippen LogP contribution in [0.15, 0.2) is 40.2 Å². The molecule has 25 heavy (non-hydrogen) atoms. The summed E-state index contributed by atoms with van der Waals surface area (Å²) in [4.78, 5) is 19.4. The third-order valence-electron chi connectivity index (χ3n) is 4.60. The molecule has 0 aliphatic heterocycles. The van der Waals surface area contributed by atoms with E-state index in [1.54, 1.807) is 29.3 Å². The number of hydrogen-bond donors (Lipinski definition) is 1. The van der Waals surface area contributed by atoms with Crippen LogP contribution in [0.25, 0.3) is 0 Å². The zero-order valence-electron chi connectivity index (χ0n) is 14.8. The quantitative estimate of drug-likeness (QED) is 0.787. The molecule has 1 aliphatic carbocycles. The zero-order valence-corrected chi connectivity index (χ0v) is 16.4. The number of nitrogens with zero attached hydrogens (tertiary/aromatic N) is 2. The van der Waals surface area contributed by atoms with Crippen molar-refractivity contribution in [2.75, 3.05) is 20.6 Å². The lowest BCUT2D eigenvalue weighted by Crippen LogP contribution is -2.34. The van der Waals surface area contributed by atoms with Gasteiger partial charge in [-0.15, -0.1) is 11.8 Å². The Balaban J connectivity index is 1.66. The molecule has 6 heteroatoms. The number of nitrogens with one attached hydrogen (secondary N) is 1. The van der Waals surface area contributed by atoms with Gasteiger partial charge < -0.3 is 10.2 Å². The van der Waals surface area contributed by atoms with Gasteiger partial charge >= 0.3 is 0 Å². The van der Waals surface area contributed by atoms with Gasteiger partial charge in [0, 0.05) is 18.0 Å². The van der Waals surface area contributed by atoms with Crippen LogP contribution in [0.4, 0.5) is 0 Å². The predicted octanol–water partition coefficient (Wildman–Crippen LogP) is 4.21. The monoisotopic (exact) mass is 375 g/mol. The predicted molar refractivity (Wildman–Crippen MR) is 105 cm³/mol. The Labute approximate surface area is 158 Å². The molecule has 2 aromatic heterocycles. The number of rotatable bonds is 7. The summed E-state index contributed by atoms with van der Waals surface area (Å²) in [5.41, 5.74) is 1.93. The van der Waals surface area contributed by atoms with Gasteiger partial charge in [0.2, 0.25) is 0 Å². The molecule has 2 aromatic rings. The maximum Gasteiger partial charge on any atom is 0.254 e. The summed E-state index contributed by atoms with van der Waals surface area (Å²) < 4.78 is 0. The Morgan fingerprint density at radius 3 is 2.88 bits per heavy atom. The first kappa shape index (κ1) is 18.4. The highest BCUT2D eigenvalue weighted by Gasteiger charge is 2.22. The number of carbonyl (C=O) groups excluding carboxylic acids is 1. The van der Waals surface area contributed by atoms with Crippen molar-refractivity contribution in [3.8, 4) is 0 Å². The van der Waals surface area contributed by atoms with Crippen molar-refractivity contribution in [2.45, 2.75) is 42.0 Å². The summed E-state index contributed by atoms with van der Waals surface area (Å²) in [5, 5.41) is 8.78. The molecule has 0 spiro atoms. The van der Waals surface area contributed by atoms with E-state index in [0.29, 0.717) is 17.4 Å². The summed E-state index contributed by atoms with van der Waals surface area (Å²) in [6.45, 7) is 0.588. The number of likely N-dealkylation sites (N-methyl/N-ethyl adjacent to an activating group) is 1. The zero-order chi connectivity index (χ0) is 17.6. The Morgan fingerprint density at radius 1 is 1.40 bits per heavy atom. The largest absolute Gasteiger partial charge is 0.350 e. The molecular formula is C19H25N3OS2. The summed E-state index contributed by atoms with van der Waals surface area (Å²) in [5.74, 6) is -0.0318. The van der Waals surface area contributed by atoms with Crippen LogP contribution in [0.5, 0.6) is 0 Å². The molecule has 0 bridgehead atoms. The van der Waals surface area contributed by atoms with Crippen LogP contribution in [0.1, 0.15) is 47.6 Å². The van der Waals surface area contributed by atoms with E-state index in [1.807, 2.05) is 26.2 Å². The highest BCUT2D eigenvalue weighted by molar-refractivity contribution is 7.99. The molecule has 1 saturated carbocycles. The fourth-order valence-corrected chi connectivity index (χ4v) is 5.17. The molecule has 0 radical (unpaired) electrons. The van der Waals surface area contributed by atoms with Gasteiger partial charge in [-0.05, 0) is 61.5 Å². The average Bonchev–Trinajstić information content (AvgIpc) is 3.29. The second-order valence-electron chi connectivity index (χ2n) is 6.63.